The normalized spacial score (nSPS) is 17.2. The third kappa shape index (κ3) is 5.15. The molecule has 2 atom stereocenters. The van der Waals surface area contributed by atoms with E-state index in [1.807, 2.05) is 49.5 Å². The van der Waals surface area contributed by atoms with Gasteiger partial charge in [0.1, 0.15) is 5.75 Å². The zero-order chi connectivity index (χ0) is 25.9. The fourth-order valence-corrected chi connectivity index (χ4v) is 5.65. The van der Waals surface area contributed by atoms with Gasteiger partial charge in [0, 0.05) is 41.4 Å². The van der Waals surface area contributed by atoms with Crippen molar-refractivity contribution in [2.75, 3.05) is 18.4 Å². The number of thiocarbonyl (C=S) groups is 1. The van der Waals surface area contributed by atoms with Gasteiger partial charge in [0.05, 0.1) is 23.5 Å². The van der Waals surface area contributed by atoms with Crippen molar-refractivity contribution >= 4 is 34.6 Å². The fourth-order valence-electron chi connectivity index (χ4n) is 5.16. The minimum Gasteiger partial charge on any atom is -0.506 e. The Bertz CT molecular complexity index is 1390. The Balaban J connectivity index is 1.48. The summed E-state index contributed by atoms with van der Waals surface area (Å²) in [6, 6.07) is 23.3. The number of phenols is 1. The van der Waals surface area contributed by atoms with Crippen LogP contribution >= 0.6 is 23.8 Å². The molecular formula is C29H30ClN5OS. The zero-order valence-electron chi connectivity index (χ0n) is 20.9. The number of aryl methyl sites for hydroxylation is 1. The van der Waals surface area contributed by atoms with E-state index in [9.17, 15) is 5.11 Å². The molecular weight excluding hydrogens is 502 g/mol. The van der Waals surface area contributed by atoms with E-state index >= 15 is 0 Å². The predicted molar refractivity (Wildman–Crippen MR) is 154 cm³/mol. The van der Waals surface area contributed by atoms with Crippen molar-refractivity contribution in [3.8, 4) is 11.4 Å². The maximum atomic E-state index is 10.6. The number of anilines is 1. The minimum absolute atomic E-state index is 0.0552. The quantitative estimate of drug-likeness (QED) is 0.182. The molecule has 8 heteroatoms. The Hall–Kier alpha value is -3.55. The number of benzene rings is 2. The van der Waals surface area contributed by atoms with Crippen LogP contribution < -0.4 is 10.6 Å². The van der Waals surface area contributed by atoms with Crippen LogP contribution in [-0.4, -0.2) is 37.8 Å². The summed E-state index contributed by atoms with van der Waals surface area (Å²) in [5.74, 6) is 0.183. The molecule has 6 nitrogen and oxygen atoms in total. The van der Waals surface area contributed by atoms with Crippen molar-refractivity contribution in [1.29, 1.82) is 0 Å². The Morgan fingerprint density at radius 3 is 2.59 bits per heavy atom. The second-order valence-corrected chi connectivity index (χ2v) is 10.1. The summed E-state index contributed by atoms with van der Waals surface area (Å²) in [7, 11) is 0. The standard InChI is InChI=1S/C29H30ClN5OS/c1-19-17-23(20(2)35(19)25-18-21(30)12-13-26(25)36)28-27(24-11-6-7-14-32-24)33-29(37)34(28)16-8-15-31-22-9-4-3-5-10-22/h3-7,9-14,17-18,27-28,31,36H,8,15-16H2,1-2H3,(H,33,37)/t27-,28+/m0/s1. The van der Waals surface area contributed by atoms with Crippen LogP contribution in [0.4, 0.5) is 5.69 Å². The van der Waals surface area contributed by atoms with Gasteiger partial charge in [-0.2, -0.15) is 0 Å². The third-order valence-corrected chi connectivity index (χ3v) is 7.43. The molecule has 0 bridgehead atoms. The molecule has 4 aromatic rings. The van der Waals surface area contributed by atoms with Crippen molar-refractivity contribution in [2.45, 2.75) is 32.4 Å². The average molecular weight is 532 g/mol. The fraction of sp³-hybridized carbons (Fsp3) is 0.241. The molecule has 190 valence electrons. The summed E-state index contributed by atoms with van der Waals surface area (Å²) in [5, 5.41) is 19.0. The maximum Gasteiger partial charge on any atom is 0.170 e. The molecule has 1 aliphatic rings. The van der Waals surface area contributed by atoms with Crippen LogP contribution in [0.3, 0.4) is 0 Å². The molecule has 37 heavy (non-hydrogen) atoms. The lowest BCUT2D eigenvalue weighted by atomic mass is 9.96. The van der Waals surface area contributed by atoms with E-state index in [0.717, 1.165) is 53.0 Å². The number of aromatic hydroxyl groups is 1. The van der Waals surface area contributed by atoms with Crippen LogP contribution in [0.5, 0.6) is 5.75 Å². The van der Waals surface area contributed by atoms with E-state index in [0.29, 0.717) is 10.7 Å². The smallest absolute Gasteiger partial charge is 0.170 e. The van der Waals surface area contributed by atoms with Crippen LogP contribution in [0.15, 0.2) is 79.0 Å². The lowest BCUT2D eigenvalue weighted by molar-refractivity contribution is 0.315. The molecule has 0 saturated carbocycles. The van der Waals surface area contributed by atoms with Gasteiger partial charge in [-0.05, 0) is 86.6 Å². The summed E-state index contributed by atoms with van der Waals surface area (Å²) < 4.78 is 2.06. The summed E-state index contributed by atoms with van der Waals surface area (Å²) in [6.07, 6.45) is 2.73. The van der Waals surface area contributed by atoms with Crippen LogP contribution in [0.1, 0.15) is 41.1 Å². The summed E-state index contributed by atoms with van der Waals surface area (Å²) >= 11 is 12.1. The third-order valence-electron chi connectivity index (χ3n) is 6.84. The molecule has 1 fully saturated rings. The molecule has 0 amide bonds. The minimum atomic E-state index is -0.0994. The van der Waals surface area contributed by atoms with Gasteiger partial charge in [0.25, 0.3) is 0 Å². The monoisotopic (exact) mass is 531 g/mol. The Morgan fingerprint density at radius 1 is 1.05 bits per heavy atom. The van der Waals surface area contributed by atoms with Gasteiger partial charge in [-0.25, -0.2) is 0 Å². The first-order chi connectivity index (χ1) is 17.9. The number of nitrogens with one attached hydrogen (secondary N) is 2. The molecule has 3 heterocycles. The van der Waals surface area contributed by atoms with E-state index in [1.165, 1.54) is 0 Å². The average Bonchev–Trinajstić information content (AvgIpc) is 3.39. The van der Waals surface area contributed by atoms with Crippen molar-refractivity contribution in [3.63, 3.8) is 0 Å². The zero-order valence-corrected chi connectivity index (χ0v) is 22.4. The molecule has 5 rings (SSSR count). The molecule has 0 unspecified atom stereocenters. The highest BCUT2D eigenvalue weighted by Gasteiger charge is 2.41. The number of rotatable bonds is 8. The van der Waals surface area contributed by atoms with Gasteiger partial charge in [0.15, 0.2) is 5.11 Å². The van der Waals surface area contributed by atoms with Gasteiger partial charge in [-0.3, -0.25) is 4.98 Å². The van der Waals surface area contributed by atoms with Gasteiger partial charge in [-0.1, -0.05) is 35.9 Å². The molecule has 0 radical (unpaired) electrons. The Kier molecular flexibility index (Phi) is 7.35. The molecule has 3 N–H and O–H groups in total. The first kappa shape index (κ1) is 25.1. The lowest BCUT2D eigenvalue weighted by Crippen LogP contribution is -2.31. The molecule has 1 aliphatic heterocycles. The van der Waals surface area contributed by atoms with Crippen molar-refractivity contribution in [3.05, 3.63) is 107 Å². The summed E-state index contributed by atoms with van der Waals surface area (Å²) in [6.45, 7) is 5.74. The molecule has 2 aromatic heterocycles. The van der Waals surface area contributed by atoms with Crippen molar-refractivity contribution < 1.29 is 5.11 Å². The second kappa shape index (κ2) is 10.8. The summed E-state index contributed by atoms with van der Waals surface area (Å²) in [4.78, 5) is 6.93. The number of hydrogen-bond acceptors (Lipinski definition) is 4. The number of phenolic OH excluding ortho intramolecular Hbond substituents is 1. The highest BCUT2D eigenvalue weighted by Crippen LogP contribution is 2.42. The van der Waals surface area contributed by atoms with E-state index in [2.05, 4.69) is 50.2 Å². The highest BCUT2D eigenvalue weighted by molar-refractivity contribution is 7.80. The second-order valence-electron chi connectivity index (χ2n) is 9.26. The number of para-hydroxylation sites is 1. The lowest BCUT2D eigenvalue weighted by Gasteiger charge is -2.28. The Morgan fingerprint density at radius 2 is 1.84 bits per heavy atom. The number of hydrogen-bond donors (Lipinski definition) is 3. The van der Waals surface area contributed by atoms with Gasteiger partial charge >= 0.3 is 0 Å². The van der Waals surface area contributed by atoms with Crippen molar-refractivity contribution in [2.24, 2.45) is 0 Å². The molecule has 1 saturated heterocycles. The largest absolute Gasteiger partial charge is 0.506 e. The Labute approximate surface area is 227 Å². The van der Waals surface area contributed by atoms with E-state index < -0.39 is 0 Å². The number of pyridine rings is 1. The number of aromatic nitrogens is 2. The molecule has 2 aromatic carbocycles. The maximum absolute atomic E-state index is 10.6. The SMILES string of the molecule is Cc1cc([C@@H]2[C@H](c3ccccn3)NC(=S)N2CCCNc2ccccc2)c(C)n1-c1cc(Cl)ccc1O. The first-order valence-corrected chi connectivity index (χ1v) is 13.2. The predicted octanol–water partition coefficient (Wildman–Crippen LogP) is 6.32. The van der Waals surface area contributed by atoms with Crippen molar-refractivity contribution in [1.82, 2.24) is 19.8 Å². The van der Waals surface area contributed by atoms with E-state index in [1.54, 1.807) is 18.2 Å². The van der Waals surface area contributed by atoms with Gasteiger partial charge in [-0.15, -0.1) is 0 Å². The molecule has 0 spiro atoms. The van der Waals surface area contributed by atoms with Crippen LogP contribution in [0.25, 0.3) is 5.69 Å². The van der Waals surface area contributed by atoms with Gasteiger partial charge < -0.3 is 25.2 Å². The highest BCUT2D eigenvalue weighted by atomic mass is 35.5. The topological polar surface area (TPSA) is 65.4 Å². The van der Waals surface area contributed by atoms with Gasteiger partial charge in [0.2, 0.25) is 0 Å². The van der Waals surface area contributed by atoms with Crippen LogP contribution in [0.2, 0.25) is 5.02 Å². The van der Waals surface area contributed by atoms with E-state index in [-0.39, 0.29) is 17.8 Å². The first-order valence-electron chi connectivity index (χ1n) is 12.4. The van der Waals surface area contributed by atoms with Crippen LogP contribution in [-0.2, 0) is 0 Å². The number of halogens is 1. The molecule has 0 aliphatic carbocycles. The summed E-state index contributed by atoms with van der Waals surface area (Å²) in [5.41, 5.74) is 5.88. The number of nitrogens with zero attached hydrogens (tertiary/aromatic N) is 3. The van der Waals surface area contributed by atoms with Crippen LogP contribution in [0, 0.1) is 13.8 Å². The van der Waals surface area contributed by atoms with E-state index in [4.69, 9.17) is 23.8 Å².